The van der Waals surface area contributed by atoms with Gasteiger partial charge in [-0.2, -0.15) is 10.4 Å². The molecule has 1 amide bonds. The Morgan fingerprint density at radius 2 is 1.87 bits per heavy atom. The van der Waals surface area contributed by atoms with Gasteiger partial charge in [0.25, 0.3) is 0 Å². The maximum atomic E-state index is 13.5. The van der Waals surface area contributed by atoms with E-state index in [2.05, 4.69) is 76.1 Å². The number of amides is 1. The molecule has 1 N–H and O–H groups in total. The van der Waals surface area contributed by atoms with Crippen molar-refractivity contribution in [3.63, 3.8) is 0 Å². The van der Waals surface area contributed by atoms with E-state index in [1.807, 2.05) is 50.6 Å². The highest BCUT2D eigenvalue weighted by molar-refractivity contribution is 6.74. The molecule has 1 aromatic carbocycles. The molecule has 0 bridgehead atoms. The second-order valence-electron chi connectivity index (χ2n) is 15.3. The zero-order valence-electron chi connectivity index (χ0n) is 29.0. The lowest BCUT2D eigenvalue weighted by molar-refractivity contribution is 0.0575. The standard InChI is InChI=1S/C34H49N7O3Si/c1-22(2)19-41-28(15-23(3)39-41)38-30-36-14-13-27(37-30)24-16-25(18-35)29-26(17-24)34(10,21-43-45(11,12)33(7,8)9)20-40(29)31(42)44-32(4,5)6/h13-17,22H,19-21H2,1-12H3,(H,36,37,38)/t34-/m1/s1. The van der Waals surface area contributed by atoms with Gasteiger partial charge in [-0.1, -0.05) is 41.5 Å². The van der Waals surface area contributed by atoms with Crippen LogP contribution in [-0.2, 0) is 21.1 Å². The van der Waals surface area contributed by atoms with Crippen molar-refractivity contribution in [2.75, 3.05) is 23.4 Å². The molecule has 11 heteroatoms. The van der Waals surface area contributed by atoms with Crippen LogP contribution in [0.4, 0.5) is 22.2 Å². The van der Waals surface area contributed by atoms with Crippen LogP contribution in [0.1, 0.15) is 79.1 Å². The lowest BCUT2D eigenvalue weighted by Crippen LogP contribution is -2.46. The first kappa shape index (κ1) is 34.1. The Hall–Kier alpha value is -3.75. The molecule has 1 aliphatic heterocycles. The van der Waals surface area contributed by atoms with Crippen LogP contribution in [0.25, 0.3) is 11.3 Å². The monoisotopic (exact) mass is 631 g/mol. The lowest BCUT2D eigenvalue weighted by Gasteiger charge is -2.39. The zero-order valence-corrected chi connectivity index (χ0v) is 30.0. The maximum absolute atomic E-state index is 13.5. The molecule has 10 nitrogen and oxygen atoms in total. The summed E-state index contributed by atoms with van der Waals surface area (Å²) in [6.45, 7) is 26.4. The largest absolute Gasteiger partial charge is 0.443 e. The molecule has 2 aromatic heterocycles. The van der Waals surface area contributed by atoms with Crippen molar-refractivity contribution in [3.05, 3.63) is 47.3 Å². The van der Waals surface area contributed by atoms with Crippen LogP contribution in [0.2, 0.25) is 18.1 Å². The van der Waals surface area contributed by atoms with E-state index in [0.29, 0.717) is 42.0 Å². The predicted octanol–water partition coefficient (Wildman–Crippen LogP) is 7.95. The fraction of sp³-hybridized carbons (Fsp3) is 0.559. The Bertz CT molecular complexity index is 1610. The minimum Gasteiger partial charge on any atom is -0.443 e. The summed E-state index contributed by atoms with van der Waals surface area (Å²) in [6, 6.07) is 9.98. The van der Waals surface area contributed by atoms with E-state index in [9.17, 15) is 10.1 Å². The molecule has 0 unspecified atom stereocenters. The van der Waals surface area contributed by atoms with Crippen molar-refractivity contribution >= 4 is 31.9 Å². The van der Waals surface area contributed by atoms with Crippen LogP contribution in [0, 0.1) is 24.2 Å². The van der Waals surface area contributed by atoms with Crippen molar-refractivity contribution < 1.29 is 14.0 Å². The summed E-state index contributed by atoms with van der Waals surface area (Å²) in [7, 11) is -2.12. The van der Waals surface area contributed by atoms with Crippen molar-refractivity contribution in [3.8, 4) is 17.3 Å². The maximum Gasteiger partial charge on any atom is 0.414 e. The SMILES string of the molecule is Cc1cc(Nc2nccc(-c3cc(C#N)c4c(c3)[C@@](C)(CO[Si](C)(C)C(C)(C)C)CN4C(=O)OC(C)(C)C)n2)n(CC(C)C)n1. The minimum atomic E-state index is -2.12. The highest BCUT2D eigenvalue weighted by Gasteiger charge is 2.47. The molecule has 242 valence electrons. The van der Waals surface area contributed by atoms with E-state index in [1.54, 1.807) is 17.2 Å². The first-order valence-electron chi connectivity index (χ1n) is 15.6. The number of nitrogens with one attached hydrogen (secondary N) is 1. The van der Waals surface area contributed by atoms with Crippen LogP contribution < -0.4 is 10.2 Å². The summed E-state index contributed by atoms with van der Waals surface area (Å²) in [6.07, 6.45) is 1.22. The normalized spacial score (nSPS) is 16.9. The van der Waals surface area contributed by atoms with E-state index in [-0.39, 0.29) is 5.04 Å². The molecule has 0 aliphatic carbocycles. The predicted molar refractivity (Wildman–Crippen MR) is 181 cm³/mol. The van der Waals surface area contributed by atoms with Crippen LogP contribution in [0.5, 0.6) is 0 Å². The van der Waals surface area contributed by atoms with Gasteiger partial charge in [0, 0.05) is 42.9 Å². The average molecular weight is 632 g/mol. The molecule has 0 spiro atoms. The van der Waals surface area contributed by atoms with Crippen LogP contribution >= 0.6 is 0 Å². The van der Waals surface area contributed by atoms with Gasteiger partial charge in [0.05, 0.1) is 22.6 Å². The number of anilines is 3. The summed E-state index contributed by atoms with van der Waals surface area (Å²) in [5, 5.41) is 18.3. The Kier molecular flexibility index (Phi) is 9.26. The third kappa shape index (κ3) is 7.56. The molecular formula is C34H49N7O3Si. The van der Waals surface area contributed by atoms with Crippen molar-refractivity contribution in [1.29, 1.82) is 5.26 Å². The number of hydrogen-bond donors (Lipinski definition) is 1. The zero-order chi connectivity index (χ0) is 33.5. The molecule has 4 rings (SSSR count). The Labute approximate surface area is 269 Å². The molecule has 0 fully saturated rings. The number of ether oxygens (including phenoxy) is 1. The third-order valence-electron chi connectivity index (χ3n) is 8.46. The van der Waals surface area contributed by atoms with Gasteiger partial charge < -0.3 is 14.5 Å². The summed E-state index contributed by atoms with van der Waals surface area (Å²) in [5.41, 5.74) is 2.85. The number of fused-ring (bicyclic) bond motifs is 1. The number of rotatable bonds is 8. The summed E-state index contributed by atoms with van der Waals surface area (Å²) < 4.78 is 14.5. The van der Waals surface area contributed by atoms with Gasteiger partial charge in [-0.05, 0) is 75.5 Å². The second-order valence-corrected chi connectivity index (χ2v) is 20.2. The smallest absolute Gasteiger partial charge is 0.414 e. The van der Waals surface area contributed by atoms with Gasteiger partial charge in [-0.3, -0.25) is 4.90 Å². The Morgan fingerprint density at radius 3 is 2.47 bits per heavy atom. The average Bonchev–Trinajstić information content (AvgIpc) is 3.41. The molecule has 0 radical (unpaired) electrons. The summed E-state index contributed by atoms with van der Waals surface area (Å²) in [4.78, 5) is 24.4. The van der Waals surface area contributed by atoms with Gasteiger partial charge in [-0.25, -0.2) is 19.4 Å². The highest BCUT2D eigenvalue weighted by atomic mass is 28.4. The number of nitriles is 1. The molecule has 3 aromatic rings. The van der Waals surface area contributed by atoms with Gasteiger partial charge >= 0.3 is 6.09 Å². The second kappa shape index (κ2) is 12.2. The van der Waals surface area contributed by atoms with Gasteiger partial charge in [0.2, 0.25) is 5.95 Å². The van der Waals surface area contributed by atoms with E-state index in [0.717, 1.165) is 29.2 Å². The molecule has 45 heavy (non-hydrogen) atoms. The van der Waals surface area contributed by atoms with Gasteiger partial charge in [0.1, 0.15) is 17.5 Å². The molecular weight excluding hydrogens is 583 g/mol. The quantitative estimate of drug-likeness (QED) is 0.249. The van der Waals surface area contributed by atoms with Crippen molar-refractivity contribution in [1.82, 2.24) is 19.7 Å². The number of aromatic nitrogens is 4. The third-order valence-corrected chi connectivity index (χ3v) is 12.9. The molecule has 0 saturated carbocycles. The Morgan fingerprint density at radius 1 is 1.18 bits per heavy atom. The van der Waals surface area contributed by atoms with Crippen molar-refractivity contribution in [2.24, 2.45) is 5.92 Å². The lowest BCUT2D eigenvalue weighted by atomic mass is 9.83. The molecule has 1 atom stereocenters. The number of nitrogens with zero attached hydrogens (tertiary/aromatic N) is 6. The van der Waals surface area contributed by atoms with E-state index >= 15 is 0 Å². The van der Waals surface area contributed by atoms with Gasteiger partial charge in [0.15, 0.2) is 8.32 Å². The number of aryl methyl sites for hydroxylation is 1. The fourth-order valence-corrected chi connectivity index (χ4v) is 6.22. The summed E-state index contributed by atoms with van der Waals surface area (Å²) >= 11 is 0. The van der Waals surface area contributed by atoms with E-state index < -0.39 is 25.4 Å². The molecule has 0 saturated heterocycles. The number of hydrogen-bond acceptors (Lipinski definition) is 8. The van der Waals surface area contributed by atoms with E-state index in [1.165, 1.54) is 0 Å². The first-order chi connectivity index (χ1) is 20.7. The van der Waals surface area contributed by atoms with Gasteiger partial charge in [-0.15, -0.1) is 0 Å². The van der Waals surface area contributed by atoms with E-state index in [4.69, 9.17) is 14.1 Å². The Balaban J connectivity index is 1.78. The van der Waals surface area contributed by atoms with Crippen molar-refractivity contribution in [2.45, 2.75) is 105 Å². The number of carbonyl (C=O) groups excluding carboxylic acids is 1. The highest BCUT2D eigenvalue weighted by Crippen LogP contribution is 2.47. The first-order valence-corrected chi connectivity index (χ1v) is 18.5. The number of benzene rings is 1. The molecule has 3 heterocycles. The van der Waals surface area contributed by atoms with Crippen LogP contribution in [0.15, 0.2) is 30.5 Å². The number of carbonyl (C=O) groups is 1. The topological polar surface area (TPSA) is 118 Å². The van der Waals surface area contributed by atoms with Crippen LogP contribution in [-0.4, -0.2) is 52.9 Å². The van der Waals surface area contributed by atoms with Crippen LogP contribution in [0.3, 0.4) is 0 Å². The summed E-state index contributed by atoms with van der Waals surface area (Å²) in [5.74, 6) is 1.66. The molecule has 1 aliphatic rings. The minimum absolute atomic E-state index is 0.0166. The fourth-order valence-electron chi connectivity index (χ4n) is 5.11.